The summed E-state index contributed by atoms with van der Waals surface area (Å²) in [6, 6.07) is 6.30. The number of anilines is 1. The van der Waals surface area contributed by atoms with Crippen molar-refractivity contribution >= 4 is 17.6 Å². The minimum Gasteiger partial charge on any atom is -0.490 e. The summed E-state index contributed by atoms with van der Waals surface area (Å²) < 4.78 is 43.8. The van der Waals surface area contributed by atoms with Gasteiger partial charge in [-0.2, -0.15) is 0 Å². The lowest BCUT2D eigenvalue weighted by Gasteiger charge is -2.37. The van der Waals surface area contributed by atoms with Crippen LogP contribution in [0.1, 0.15) is 44.4 Å². The first-order valence-corrected chi connectivity index (χ1v) is 11.4. The van der Waals surface area contributed by atoms with Gasteiger partial charge in [-0.1, -0.05) is 0 Å². The highest BCUT2D eigenvalue weighted by Gasteiger charge is 2.32. The molecular weight excluding hydrogens is 446 g/mol. The van der Waals surface area contributed by atoms with E-state index in [4.69, 9.17) is 14.2 Å². The Bertz CT molecular complexity index is 1030. The van der Waals surface area contributed by atoms with Crippen molar-refractivity contribution in [3.05, 3.63) is 53.1 Å². The van der Waals surface area contributed by atoms with Crippen molar-refractivity contribution in [2.75, 3.05) is 38.2 Å². The number of fused-ring (bicyclic) bond motifs is 1. The predicted octanol–water partition coefficient (Wildman–Crippen LogP) is 4.25. The molecular formula is C25H30F2N2O5. The van der Waals surface area contributed by atoms with Gasteiger partial charge >= 0.3 is 5.97 Å². The summed E-state index contributed by atoms with van der Waals surface area (Å²) in [5, 5.41) is 2.48. The number of rotatable bonds is 10. The van der Waals surface area contributed by atoms with Gasteiger partial charge in [0.25, 0.3) is 0 Å². The van der Waals surface area contributed by atoms with E-state index in [-0.39, 0.29) is 31.2 Å². The quantitative estimate of drug-likeness (QED) is 0.517. The first-order chi connectivity index (χ1) is 16.4. The monoisotopic (exact) mass is 476 g/mol. The standard InChI is InChI=1S/C25H30F2N2O5/c1-4-32-22-11-16-9-10-29(15-24(30)28-20-8-7-17(26)12-19(20)27)21(14-25(31)34-6-3)18(16)13-23(22)33-5-2/h7-8,11-13,21H,4-6,9-10,14-15H2,1-3H3,(H,28,30). The number of esters is 1. The molecule has 1 heterocycles. The third kappa shape index (κ3) is 6.22. The van der Waals surface area contributed by atoms with Gasteiger partial charge in [-0.3, -0.25) is 14.5 Å². The van der Waals surface area contributed by atoms with Crippen LogP contribution < -0.4 is 14.8 Å². The Balaban J connectivity index is 1.87. The highest BCUT2D eigenvalue weighted by molar-refractivity contribution is 5.92. The van der Waals surface area contributed by atoms with E-state index >= 15 is 0 Å². The Labute approximate surface area is 198 Å². The number of carbonyl (C=O) groups is 2. The number of hydrogen-bond donors (Lipinski definition) is 1. The summed E-state index contributed by atoms with van der Waals surface area (Å²) in [5.74, 6) is -1.24. The number of ether oxygens (including phenoxy) is 3. The second kappa shape index (κ2) is 11.8. The average molecular weight is 477 g/mol. The minimum absolute atomic E-state index is 0.0403. The zero-order chi connectivity index (χ0) is 24.7. The summed E-state index contributed by atoms with van der Waals surface area (Å²) in [6.45, 7) is 7.08. The minimum atomic E-state index is -0.856. The van der Waals surface area contributed by atoms with Crippen LogP contribution >= 0.6 is 0 Å². The molecule has 1 aliphatic rings. The van der Waals surface area contributed by atoms with Crippen LogP contribution in [0.2, 0.25) is 0 Å². The summed E-state index contributed by atoms with van der Waals surface area (Å²) in [5.41, 5.74) is 1.75. The molecule has 0 spiro atoms. The van der Waals surface area contributed by atoms with Crippen LogP contribution in [0.5, 0.6) is 11.5 Å². The molecule has 9 heteroatoms. The Morgan fingerprint density at radius 1 is 1.03 bits per heavy atom. The lowest BCUT2D eigenvalue weighted by atomic mass is 9.90. The summed E-state index contributed by atoms with van der Waals surface area (Å²) in [7, 11) is 0. The van der Waals surface area contributed by atoms with Gasteiger partial charge < -0.3 is 19.5 Å². The van der Waals surface area contributed by atoms with Crippen LogP contribution in [-0.2, 0) is 20.7 Å². The number of nitrogens with one attached hydrogen (secondary N) is 1. The highest BCUT2D eigenvalue weighted by atomic mass is 19.1. The van der Waals surface area contributed by atoms with Gasteiger partial charge in [-0.25, -0.2) is 8.78 Å². The molecule has 1 N–H and O–H groups in total. The van der Waals surface area contributed by atoms with Gasteiger partial charge in [-0.15, -0.1) is 0 Å². The second-order valence-electron chi connectivity index (χ2n) is 7.78. The number of halogens is 2. The Morgan fingerprint density at radius 3 is 2.38 bits per heavy atom. The summed E-state index contributed by atoms with van der Waals surface area (Å²) in [6.07, 6.45) is 0.665. The lowest BCUT2D eigenvalue weighted by Crippen LogP contribution is -2.41. The molecule has 3 rings (SSSR count). The first-order valence-electron chi connectivity index (χ1n) is 11.4. The molecule has 0 saturated carbocycles. The van der Waals surface area contributed by atoms with E-state index in [1.807, 2.05) is 30.9 Å². The van der Waals surface area contributed by atoms with Crippen LogP contribution in [-0.4, -0.2) is 49.7 Å². The van der Waals surface area contributed by atoms with Crippen molar-refractivity contribution in [1.82, 2.24) is 4.90 Å². The van der Waals surface area contributed by atoms with E-state index in [0.29, 0.717) is 43.7 Å². The van der Waals surface area contributed by atoms with Gasteiger partial charge in [0.2, 0.25) is 5.91 Å². The summed E-state index contributed by atoms with van der Waals surface area (Å²) >= 11 is 0. The Morgan fingerprint density at radius 2 is 1.74 bits per heavy atom. The van der Waals surface area contributed by atoms with Crippen molar-refractivity contribution in [3.8, 4) is 11.5 Å². The van der Waals surface area contributed by atoms with Gasteiger partial charge in [0.05, 0.1) is 38.5 Å². The van der Waals surface area contributed by atoms with E-state index < -0.39 is 23.6 Å². The third-order valence-corrected chi connectivity index (χ3v) is 5.49. The number of benzene rings is 2. The average Bonchev–Trinajstić information content (AvgIpc) is 2.78. The fourth-order valence-corrected chi connectivity index (χ4v) is 4.07. The molecule has 0 bridgehead atoms. The van der Waals surface area contributed by atoms with Crippen molar-refractivity contribution < 1.29 is 32.6 Å². The molecule has 2 aromatic carbocycles. The van der Waals surface area contributed by atoms with Crippen LogP contribution in [0.25, 0.3) is 0 Å². The molecule has 0 fully saturated rings. The van der Waals surface area contributed by atoms with Crippen LogP contribution in [0.15, 0.2) is 30.3 Å². The zero-order valence-electron chi connectivity index (χ0n) is 19.7. The molecule has 34 heavy (non-hydrogen) atoms. The SMILES string of the molecule is CCOC(=O)CC1c2cc(OCC)c(OCC)cc2CCN1CC(=O)Nc1ccc(F)cc1F. The lowest BCUT2D eigenvalue weighted by molar-refractivity contribution is -0.145. The molecule has 1 unspecified atom stereocenters. The molecule has 0 radical (unpaired) electrons. The summed E-state index contributed by atoms with van der Waals surface area (Å²) in [4.78, 5) is 27.0. The number of nitrogens with zero attached hydrogens (tertiary/aromatic N) is 1. The van der Waals surface area contributed by atoms with Crippen LogP contribution in [0, 0.1) is 11.6 Å². The highest BCUT2D eigenvalue weighted by Crippen LogP contribution is 2.40. The van der Waals surface area contributed by atoms with E-state index in [2.05, 4.69) is 5.32 Å². The topological polar surface area (TPSA) is 77.1 Å². The fraction of sp³-hybridized carbons (Fsp3) is 0.440. The van der Waals surface area contributed by atoms with E-state index in [1.165, 1.54) is 6.07 Å². The molecule has 0 saturated heterocycles. The van der Waals surface area contributed by atoms with Crippen molar-refractivity contribution in [3.63, 3.8) is 0 Å². The maximum atomic E-state index is 14.0. The van der Waals surface area contributed by atoms with Crippen molar-refractivity contribution in [2.45, 2.75) is 39.7 Å². The molecule has 184 valence electrons. The van der Waals surface area contributed by atoms with Crippen LogP contribution in [0.3, 0.4) is 0 Å². The largest absolute Gasteiger partial charge is 0.490 e. The molecule has 7 nitrogen and oxygen atoms in total. The molecule has 2 aromatic rings. The normalized spacial score (nSPS) is 15.4. The third-order valence-electron chi connectivity index (χ3n) is 5.49. The Hall–Kier alpha value is -3.20. The van der Waals surface area contributed by atoms with Gasteiger partial charge in [-0.05, 0) is 62.6 Å². The number of amides is 1. The second-order valence-corrected chi connectivity index (χ2v) is 7.78. The predicted molar refractivity (Wildman–Crippen MR) is 123 cm³/mol. The Kier molecular flexibility index (Phi) is 8.81. The first kappa shape index (κ1) is 25.4. The number of hydrogen-bond acceptors (Lipinski definition) is 6. The smallest absolute Gasteiger partial charge is 0.307 e. The maximum absolute atomic E-state index is 14.0. The van der Waals surface area contributed by atoms with Gasteiger partial charge in [0, 0.05) is 18.7 Å². The van der Waals surface area contributed by atoms with Gasteiger partial charge in [0.15, 0.2) is 11.5 Å². The maximum Gasteiger partial charge on any atom is 0.307 e. The molecule has 1 amide bonds. The van der Waals surface area contributed by atoms with E-state index in [1.54, 1.807) is 6.92 Å². The van der Waals surface area contributed by atoms with Crippen molar-refractivity contribution in [2.24, 2.45) is 0 Å². The fourth-order valence-electron chi connectivity index (χ4n) is 4.07. The van der Waals surface area contributed by atoms with E-state index in [0.717, 1.165) is 17.2 Å². The molecule has 0 aliphatic carbocycles. The zero-order valence-corrected chi connectivity index (χ0v) is 19.7. The van der Waals surface area contributed by atoms with Crippen molar-refractivity contribution in [1.29, 1.82) is 0 Å². The molecule has 0 aromatic heterocycles. The molecule has 1 aliphatic heterocycles. The van der Waals surface area contributed by atoms with Gasteiger partial charge in [0.1, 0.15) is 11.6 Å². The van der Waals surface area contributed by atoms with E-state index in [9.17, 15) is 18.4 Å². The van der Waals surface area contributed by atoms with Crippen LogP contribution in [0.4, 0.5) is 14.5 Å². The molecule has 1 atom stereocenters. The number of carbonyl (C=O) groups excluding carboxylic acids is 2.